The molecule has 1 aromatic carbocycles. The van der Waals surface area contributed by atoms with E-state index in [1.165, 1.54) is 31.2 Å². The Morgan fingerprint density at radius 3 is 2.25 bits per heavy atom. The van der Waals surface area contributed by atoms with Gasteiger partial charge in [0.05, 0.1) is 13.0 Å². The van der Waals surface area contributed by atoms with Crippen molar-refractivity contribution in [3.05, 3.63) is 35.6 Å². The van der Waals surface area contributed by atoms with Gasteiger partial charge in [-0.05, 0) is 30.5 Å². The Kier molecular flexibility index (Phi) is 9.07. The van der Waals surface area contributed by atoms with Crippen LogP contribution in [0.1, 0.15) is 32.8 Å². The molecule has 0 bridgehead atoms. The first-order chi connectivity index (χ1) is 13.1. The second-order valence-corrected chi connectivity index (χ2v) is 6.46. The van der Waals surface area contributed by atoms with Crippen LogP contribution in [0.3, 0.4) is 0 Å². The van der Waals surface area contributed by atoms with Gasteiger partial charge in [0.15, 0.2) is 0 Å². The lowest BCUT2D eigenvalue weighted by atomic mass is 9.96. The first-order valence-corrected chi connectivity index (χ1v) is 8.90. The molecule has 0 aliphatic rings. The number of primary amides is 1. The van der Waals surface area contributed by atoms with Gasteiger partial charge in [0.2, 0.25) is 17.7 Å². The molecule has 0 saturated heterocycles. The number of nitrogens with two attached hydrogens (primary N) is 1. The lowest BCUT2D eigenvalue weighted by Crippen LogP contribution is -2.55. The highest BCUT2D eigenvalue weighted by Crippen LogP contribution is 2.11. The fraction of sp³-hybridized carbons (Fsp3) is 0.474. The highest BCUT2D eigenvalue weighted by atomic mass is 19.1. The Hall–Kier alpha value is -2.97. The van der Waals surface area contributed by atoms with Crippen LogP contribution in [0.2, 0.25) is 0 Å². The highest BCUT2D eigenvalue weighted by Gasteiger charge is 2.30. The van der Waals surface area contributed by atoms with Crippen molar-refractivity contribution in [1.82, 2.24) is 10.6 Å². The standard InChI is InChI=1S/C19H26FN3O5/c1-4-28-16(25)9-11(2)17(18(21)26)23-19(27)15(22-12(3)24)10-13-5-7-14(20)8-6-13/h5-8,11,15,17H,4,9-10H2,1-3H3,(H2,21,26)(H,22,24)(H,23,27)/t11-,15-,17+/m0/s1. The van der Waals surface area contributed by atoms with E-state index < -0.39 is 47.5 Å². The lowest BCUT2D eigenvalue weighted by molar-refractivity contribution is -0.145. The molecule has 0 spiro atoms. The Morgan fingerprint density at radius 2 is 1.75 bits per heavy atom. The second-order valence-electron chi connectivity index (χ2n) is 6.46. The summed E-state index contributed by atoms with van der Waals surface area (Å²) in [7, 11) is 0. The van der Waals surface area contributed by atoms with E-state index in [1.807, 2.05) is 0 Å². The zero-order valence-corrected chi connectivity index (χ0v) is 16.2. The summed E-state index contributed by atoms with van der Waals surface area (Å²) in [6.07, 6.45) is -0.0199. The molecule has 3 atom stereocenters. The van der Waals surface area contributed by atoms with E-state index in [0.29, 0.717) is 5.56 Å². The third kappa shape index (κ3) is 7.73. The molecule has 0 heterocycles. The highest BCUT2D eigenvalue weighted by molar-refractivity contribution is 5.91. The van der Waals surface area contributed by atoms with Gasteiger partial charge in [0.25, 0.3) is 0 Å². The molecule has 4 N–H and O–H groups in total. The normalized spacial score (nSPS) is 13.7. The van der Waals surface area contributed by atoms with Crippen LogP contribution in [0, 0.1) is 11.7 Å². The van der Waals surface area contributed by atoms with Crippen LogP contribution in [0.4, 0.5) is 4.39 Å². The lowest BCUT2D eigenvalue weighted by Gasteiger charge is -2.25. The Balaban J connectivity index is 2.89. The van der Waals surface area contributed by atoms with Gasteiger partial charge in [0.1, 0.15) is 17.9 Å². The summed E-state index contributed by atoms with van der Waals surface area (Å²) in [6.45, 7) is 4.69. The molecule has 1 aromatic rings. The Morgan fingerprint density at radius 1 is 1.14 bits per heavy atom. The number of carbonyl (C=O) groups is 4. The second kappa shape index (κ2) is 11.0. The average molecular weight is 395 g/mol. The number of ether oxygens (including phenoxy) is 1. The summed E-state index contributed by atoms with van der Waals surface area (Å²) < 4.78 is 17.9. The SMILES string of the molecule is CCOC(=O)C[C@H](C)[C@@H](NC(=O)[C@H](Cc1ccc(F)cc1)NC(C)=O)C(N)=O. The van der Waals surface area contributed by atoms with Gasteiger partial charge in [-0.1, -0.05) is 19.1 Å². The van der Waals surface area contributed by atoms with Gasteiger partial charge in [-0.15, -0.1) is 0 Å². The number of hydrogen-bond donors (Lipinski definition) is 3. The molecule has 0 unspecified atom stereocenters. The van der Waals surface area contributed by atoms with Crippen molar-refractivity contribution >= 4 is 23.7 Å². The van der Waals surface area contributed by atoms with E-state index in [1.54, 1.807) is 13.8 Å². The third-order valence-corrected chi connectivity index (χ3v) is 4.01. The van der Waals surface area contributed by atoms with Gasteiger partial charge in [-0.3, -0.25) is 19.2 Å². The van der Waals surface area contributed by atoms with Crippen LogP contribution in [0.15, 0.2) is 24.3 Å². The number of carbonyl (C=O) groups excluding carboxylic acids is 4. The molecule has 154 valence electrons. The first-order valence-electron chi connectivity index (χ1n) is 8.90. The van der Waals surface area contributed by atoms with Crippen molar-refractivity contribution in [2.75, 3.05) is 6.61 Å². The van der Waals surface area contributed by atoms with E-state index in [4.69, 9.17) is 10.5 Å². The number of halogens is 1. The maximum atomic E-state index is 13.1. The predicted octanol–water partition coefficient (Wildman–Crippen LogP) is 0.432. The van der Waals surface area contributed by atoms with Crippen molar-refractivity contribution in [1.29, 1.82) is 0 Å². The minimum atomic E-state index is -1.12. The number of benzene rings is 1. The first kappa shape index (κ1) is 23.1. The molecular weight excluding hydrogens is 369 g/mol. The number of esters is 1. The quantitative estimate of drug-likeness (QED) is 0.495. The van der Waals surface area contributed by atoms with Crippen LogP contribution in [0.5, 0.6) is 0 Å². The fourth-order valence-electron chi connectivity index (χ4n) is 2.66. The predicted molar refractivity (Wildman–Crippen MR) is 99.2 cm³/mol. The third-order valence-electron chi connectivity index (χ3n) is 4.01. The van der Waals surface area contributed by atoms with Crippen molar-refractivity contribution in [3.63, 3.8) is 0 Å². The van der Waals surface area contributed by atoms with Crippen LogP contribution in [-0.2, 0) is 30.3 Å². The van der Waals surface area contributed by atoms with Gasteiger partial charge < -0.3 is 21.1 Å². The maximum Gasteiger partial charge on any atom is 0.306 e. The molecular formula is C19H26FN3O5. The summed E-state index contributed by atoms with van der Waals surface area (Å²) in [5.41, 5.74) is 5.99. The van der Waals surface area contributed by atoms with Gasteiger partial charge >= 0.3 is 5.97 Å². The van der Waals surface area contributed by atoms with Crippen LogP contribution >= 0.6 is 0 Å². The van der Waals surface area contributed by atoms with Gasteiger partial charge in [-0.25, -0.2) is 4.39 Å². The number of amides is 3. The minimum absolute atomic E-state index is 0.0867. The van der Waals surface area contributed by atoms with Gasteiger partial charge in [0, 0.05) is 13.3 Å². The molecule has 8 nitrogen and oxygen atoms in total. The summed E-state index contributed by atoms with van der Waals surface area (Å²) in [5.74, 6) is -3.44. The van der Waals surface area contributed by atoms with E-state index in [9.17, 15) is 23.6 Å². The number of nitrogens with one attached hydrogen (secondary N) is 2. The van der Waals surface area contributed by atoms with Crippen molar-refractivity contribution < 1.29 is 28.3 Å². The monoisotopic (exact) mass is 395 g/mol. The zero-order chi connectivity index (χ0) is 21.3. The van der Waals surface area contributed by atoms with Crippen molar-refractivity contribution in [2.45, 2.75) is 45.7 Å². The van der Waals surface area contributed by atoms with Crippen LogP contribution < -0.4 is 16.4 Å². The molecule has 0 radical (unpaired) electrons. The molecule has 0 fully saturated rings. The Bertz CT molecular complexity index is 708. The summed E-state index contributed by atoms with van der Waals surface area (Å²) in [6, 6.07) is 3.34. The van der Waals surface area contributed by atoms with Crippen LogP contribution in [0.25, 0.3) is 0 Å². The van der Waals surface area contributed by atoms with Gasteiger partial charge in [-0.2, -0.15) is 0 Å². The van der Waals surface area contributed by atoms with Crippen molar-refractivity contribution in [2.24, 2.45) is 11.7 Å². The van der Waals surface area contributed by atoms with Crippen LogP contribution in [-0.4, -0.2) is 42.4 Å². The molecule has 0 aromatic heterocycles. The molecule has 1 rings (SSSR count). The average Bonchev–Trinajstić information content (AvgIpc) is 2.60. The largest absolute Gasteiger partial charge is 0.466 e. The van der Waals surface area contributed by atoms with E-state index >= 15 is 0 Å². The van der Waals surface area contributed by atoms with Crippen molar-refractivity contribution in [3.8, 4) is 0 Å². The van der Waals surface area contributed by atoms with E-state index in [-0.39, 0.29) is 19.4 Å². The zero-order valence-electron chi connectivity index (χ0n) is 16.2. The molecule has 0 saturated carbocycles. The molecule has 0 aliphatic heterocycles. The van der Waals surface area contributed by atoms with E-state index in [2.05, 4.69) is 10.6 Å². The molecule has 28 heavy (non-hydrogen) atoms. The number of hydrogen-bond acceptors (Lipinski definition) is 5. The molecule has 3 amide bonds. The minimum Gasteiger partial charge on any atom is -0.466 e. The summed E-state index contributed by atoms with van der Waals surface area (Å²) in [5, 5.41) is 4.99. The topological polar surface area (TPSA) is 128 Å². The Labute approximate surface area is 163 Å². The number of rotatable bonds is 10. The summed E-state index contributed by atoms with van der Waals surface area (Å²) in [4.78, 5) is 47.5. The molecule has 0 aliphatic carbocycles. The maximum absolute atomic E-state index is 13.1. The van der Waals surface area contributed by atoms with E-state index in [0.717, 1.165) is 0 Å². The smallest absolute Gasteiger partial charge is 0.306 e. The molecule has 9 heteroatoms. The fourth-order valence-corrected chi connectivity index (χ4v) is 2.66. The summed E-state index contributed by atoms with van der Waals surface area (Å²) >= 11 is 0.